The largest absolute Gasteiger partial charge is 0.472 e. The van der Waals surface area contributed by atoms with E-state index in [0.29, 0.717) is 17.4 Å². The number of phosphoric acid groups is 1. The van der Waals surface area contributed by atoms with Crippen molar-refractivity contribution in [2.45, 2.75) is 142 Å². The molecule has 0 amide bonds. The summed E-state index contributed by atoms with van der Waals surface area (Å²) in [7, 11) is 1.47. The molecule has 0 radical (unpaired) electrons. The van der Waals surface area contributed by atoms with E-state index < -0.39 is 26.5 Å². The van der Waals surface area contributed by atoms with Crippen molar-refractivity contribution in [3.05, 3.63) is 12.2 Å². The van der Waals surface area contributed by atoms with Crippen LogP contribution in [0.25, 0.3) is 0 Å². The third kappa shape index (κ3) is 30.6. The zero-order valence-electron chi connectivity index (χ0n) is 28.2. The molecule has 0 rings (SSSR count). The Hall–Kier alpha value is -1.25. The molecule has 0 aliphatic rings. The van der Waals surface area contributed by atoms with Gasteiger partial charge in [0.1, 0.15) is 19.8 Å². The summed E-state index contributed by atoms with van der Waals surface area (Å²) in [5.41, 5.74) is 0. The third-order valence-electron chi connectivity index (χ3n) is 7.05. The number of rotatable bonds is 30. The van der Waals surface area contributed by atoms with E-state index in [-0.39, 0.29) is 32.0 Å². The van der Waals surface area contributed by atoms with E-state index >= 15 is 0 Å². The molecule has 2 atom stereocenters. The van der Waals surface area contributed by atoms with Crippen LogP contribution < -0.4 is 0 Å². The van der Waals surface area contributed by atoms with Gasteiger partial charge in [-0.05, 0) is 38.5 Å². The fraction of sp³-hybridized carbons (Fsp3) is 0.879. The Morgan fingerprint density at radius 2 is 1.19 bits per heavy atom. The first-order valence-corrected chi connectivity index (χ1v) is 18.4. The summed E-state index contributed by atoms with van der Waals surface area (Å²) in [6, 6.07) is 0. The maximum atomic E-state index is 12.5. The van der Waals surface area contributed by atoms with Crippen molar-refractivity contribution in [3.63, 3.8) is 0 Å². The lowest BCUT2D eigenvalue weighted by Crippen LogP contribution is -2.37. The first-order chi connectivity index (χ1) is 20.5. The van der Waals surface area contributed by atoms with Gasteiger partial charge < -0.3 is 18.9 Å². The predicted molar refractivity (Wildman–Crippen MR) is 174 cm³/mol. The molecular weight excluding hydrogens is 569 g/mol. The molecule has 0 bridgehead atoms. The summed E-state index contributed by atoms with van der Waals surface area (Å²) in [6.45, 7) is 4.31. The van der Waals surface area contributed by atoms with Gasteiger partial charge in [-0.1, -0.05) is 96.6 Å². The monoisotopic (exact) mass is 634 g/mol. The molecule has 9 nitrogen and oxygen atoms in total. The highest BCUT2D eigenvalue weighted by molar-refractivity contribution is 7.47. The maximum absolute atomic E-state index is 12.5. The summed E-state index contributed by atoms with van der Waals surface area (Å²) < 4.78 is 33.9. The Morgan fingerprint density at radius 3 is 1.77 bits per heavy atom. The molecule has 1 N–H and O–H groups in total. The standard InChI is InChI=1S/C33H64NO8P/c1-6-8-10-12-14-15-16-17-18-20-21-23-25-32(35)39-29-31(30-41-43(37,38)40-28-27-34(3,4)5)42-33(36)26-24-22-19-13-11-9-7-2/h14-15,31H,6-13,16-30H2,1-5H3/p+1/b15-14+/t31-/m0/s1. The molecule has 10 heteroatoms. The Morgan fingerprint density at radius 1 is 0.698 bits per heavy atom. The summed E-state index contributed by atoms with van der Waals surface area (Å²) in [4.78, 5) is 34.8. The molecule has 254 valence electrons. The van der Waals surface area contributed by atoms with E-state index in [4.69, 9.17) is 18.5 Å². The first kappa shape index (κ1) is 41.8. The number of nitrogens with zero attached hydrogens (tertiary/aromatic N) is 1. The third-order valence-corrected chi connectivity index (χ3v) is 8.03. The number of quaternary nitrogens is 1. The molecule has 0 saturated heterocycles. The van der Waals surface area contributed by atoms with Gasteiger partial charge in [0.25, 0.3) is 0 Å². The fourth-order valence-corrected chi connectivity index (χ4v) is 5.04. The highest BCUT2D eigenvalue weighted by Gasteiger charge is 2.27. The molecule has 1 unspecified atom stereocenters. The number of ether oxygens (including phenoxy) is 2. The predicted octanol–water partition coefficient (Wildman–Crippen LogP) is 8.29. The molecular formula is C33H65NO8P+. The number of carbonyl (C=O) groups excluding carboxylic acids is 2. The first-order valence-electron chi connectivity index (χ1n) is 16.9. The second kappa shape index (κ2) is 27.1. The molecule has 0 aromatic heterocycles. The van der Waals surface area contributed by atoms with Gasteiger partial charge >= 0.3 is 19.8 Å². The quantitative estimate of drug-likeness (QED) is 0.0276. The van der Waals surface area contributed by atoms with Crippen molar-refractivity contribution in [3.8, 4) is 0 Å². The molecule has 0 fully saturated rings. The van der Waals surface area contributed by atoms with Crippen LogP contribution >= 0.6 is 7.82 Å². The van der Waals surface area contributed by atoms with Crippen molar-refractivity contribution >= 4 is 19.8 Å². The number of likely N-dealkylation sites (N-methyl/N-ethyl adjacent to an activating group) is 1. The Balaban J connectivity index is 4.47. The van der Waals surface area contributed by atoms with Gasteiger partial charge in [0, 0.05) is 12.8 Å². The molecule has 43 heavy (non-hydrogen) atoms. The van der Waals surface area contributed by atoms with Gasteiger partial charge in [-0.25, -0.2) is 4.57 Å². The van der Waals surface area contributed by atoms with E-state index in [0.717, 1.165) is 57.8 Å². The van der Waals surface area contributed by atoms with Crippen LogP contribution in [0.4, 0.5) is 0 Å². The lowest BCUT2D eigenvalue weighted by Gasteiger charge is -2.24. The van der Waals surface area contributed by atoms with Crippen molar-refractivity contribution in [2.75, 3.05) is 47.5 Å². The zero-order chi connectivity index (χ0) is 32.2. The van der Waals surface area contributed by atoms with Crippen molar-refractivity contribution in [1.29, 1.82) is 0 Å². The summed E-state index contributed by atoms with van der Waals surface area (Å²) in [6.07, 6.45) is 22.8. The Kier molecular flexibility index (Phi) is 26.3. The second-order valence-corrected chi connectivity index (χ2v) is 14.0. The highest BCUT2D eigenvalue weighted by atomic mass is 31.2. The van der Waals surface area contributed by atoms with Crippen LogP contribution in [-0.2, 0) is 32.7 Å². The number of phosphoric ester groups is 1. The SMILES string of the molecule is CCCCC/C=C/CCCCCCCC(=O)OC[C@@H](COP(=O)(O)OCC[N+](C)(C)C)OC(=O)CCCCCCCCC. The van der Waals surface area contributed by atoms with Crippen molar-refractivity contribution in [2.24, 2.45) is 0 Å². The van der Waals surface area contributed by atoms with E-state index in [1.807, 2.05) is 21.1 Å². The summed E-state index contributed by atoms with van der Waals surface area (Å²) in [5, 5.41) is 0. The Bertz CT molecular complexity index is 768. The lowest BCUT2D eigenvalue weighted by atomic mass is 10.1. The molecule has 0 aromatic carbocycles. The van der Waals surface area contributed by atoms with E-state index in [1.165, 1.54) is 44.9 Å². The van der Waals surface area contributed by atoms with Crippen LogP contribution in [0.3, 0.4) is 0 Å². The van der Waals surface area contributed by atoms with Gasteiger partial charge in [0.05, 0.1) is 27.7 Å². The van der Waals surface area contributed by atoms with Gasteiger partial charge in [-0.15, -0.1) is 0 Å². The van der Waals surface area contributed by atoms with Gasteiger partial charge in [-0.3, -0.25) is 18.6 Å². The van der Waals surface area contributed by atoms with Crippen molar-refractivity contribution in [1.82, 2.24) is 0 Å². The van der Waals surface area contributed by atoms with Crippen LogP contribution in [0.2, 0.25) is 0 Å². The number of unbranched alkanes of at least 4 members (excludes halogenated alkanes) is 14. The van der Waals surface area contributed by atoms with E-state index in [2.05, 4.69) is 26.0 Å². The zero-order valence-corrected chi connectivity index (χ0v) is 29.1. The summed E-state index contributed by atoms with van der Waals surface area (Å²) in [5.74, 6) is -0.817. The topological polar surface area (TPSA) is 108 Å². The number of esters is 2. The van der Waals surface area contributed by atoms with Gasteiger partial charge in [0.15, 0.2) is 6.10 Å². The van der Waals surface area contributed by atoms with Crippen molar-refractivity contribution < 1.29 is 42.1 Å². The van der Waals surface area contributed by atoms with E-state index in [1.54, 1.807) is 0 Å². The molecule has 0 aromatic rings. The lowest BCUT2D eigenvalue weighted by molar-refractivity contribution is -0.870. The smallest absolute Gasteiger partial charge is 0.462 e. The average Bonchev–Trinajstić information content (AvgIpc) is 2.93. The number of carbonyl (C=O) groups is 2. The minimum atomic E-state index is -4.35. The van der Waals surface area contributed by atoms with Crippen LogP contribution in [0.15, 0.2) is 12.2 Å². The van der Waals surface area contributed by atoms with Crippen LogP contribution in [0.1, 0.15) is 136 Å². The molecule has 0 heterocycles. The van der Waals surface area contributed by atoms with Gasteiger partial charge in [-0.2, -0.15) is 0 Å². The van der Waals surface area contributed by atoms with E-state index in [9.17, 15) is 19.0 Å². The normalized spacial score (nSPS) is 14.1. The summed E-state index contributed by atoms with van der Waals surface area (Å²) >= 11 is 0. The van der Waals surface area contributed by atoms with Crippen LogP contribution in [0, 0.1) is 0 Å². The fourth-order valence-electron chi connectivity index (χ4n) is 4.30. The minimum Gasteiger partial charge on any atom is -0.462 e. The number of allylic oxidation sites excluding steroid dienone is 2. The van der Waals surface area contributed by atoms with Crippen LogP contribution in [-0.4, -0.2) is 74.9 Å². The average molecular weight is 635 g/mol. The molecule has 0 saturated carbocycles. The maximum Gasteiger partial charge on any atom is 0.472 e. The molecule has 0 aliphatic heterocycles. The Labute approximate surface area is 263 Å². The highest BCUT2D eigenvalue weighted by Crippen LogP contribution is 2.43. The molecule has 0 aliphatic carbocycles. The minimum absolute atomic E-state index is 0.0325. The number of hydrogen-bond acceptors (Lipinski definition) is 7. The molecule has 0 spiro atoms. The second-order valence-electron chi connectivity index (χ2n) is 12.6. The van der Waals surface area contributed by atoms with Gasteiger partial charge in [0.2, 0.25) is 0 Å². The van der Waals surface area contributed by atoms with Crippen LogP contribution in [0.5, 0.6) is 0 Å². The number of hydrogen-bond donors (Lipinski definition) is 1.